The molecule has 0 aromatic rings. The van der Waals surface area contributed by atoms with Crippen LogP contribution in [0.4, 0.5) is 0 Å². The van der Waals surface area contributed by atoms with Crippen molar-refractivity contribution in [3.63, 3.8) is 0 Å². The molecule has 1 fully saturated rings. The number of ether oxygens (including phenoxy) is 2. The number of phosphoric ester groups is 2. The number of rotatable bonds is 38. The summed E-state index contributed by atoms with van der Waals surface area (Å²) in [5.41, 5.74) is 0. The Hall–Kier alpha value is -1.33. The van der Waals surface area contributed by atoms with Crippen LogP contribution in [0.2, 0.25) is 0 Å². The van der Waals surface area contributed by atoms with Gasteiger partial charge in [0.05, 0.1) is 6.61 Å². The number of Topliss-reactive ketones (excluding diaryl/α,β-unsaturated/α-hetero) is 1. The maximum Gasteiger partial charge on any atom is 0.472 e. The second-order valence-corrected chi connectivity index (χ2v) is 18.7. The standard InChI is InChI=1S/C41H78O17P2/c1-3-5-6-7-8-9-10-11-12-15-19-22-25-29-35(44)56-33(30-54-34(43)28-24-21-18-16-13-14-17-20-23-27-32(42)26-4-2)31-55-60(52,53)58-41-38(47)36(45)37(46)40(39(41)48)57-59(49,50)51/h33,36-41,45-48H,3-31H2,1-2H3,(H,52,53)(H2,49,50,51)/t33-,36-,37?,38-,39?,40+,41?/m1/s1. The molecule has 0 bridgehead atoms. The molecule has 1 saturated carbocycles. The van der Waals surface area contributed by atoms with Crippen molar-refractivity contribution in [1.29, 1.82) is 0 Å². The average Bonchev–Trinajstić information content (AvgIpc) is 3.19. The predicted octanol–water partition coefficient (Wildman–Crippen LogP) is 7.02. The van der Waals surface area contributed by atoms with E-state index < -0.39 is 83.5 Å². The van der Waals surface area contributed by atoms with Crippen LogP contribution in [0, 0.1) is 0 Å². The molecule has 8 atom stereocenters. The van der Waals surface area contributed by atoms with Gasteiger partial charge in [-0.15, -0.1) is 0 Å². The number of aliphatic hydroxyl groups is 4. The van der Waals surface area contributed by atoms with E-state index in [0.29, 0.717) is 31.5 Å². The van der Waals surface area contributed by atoms with Gasteiger partial charge in [0.15, 0.2) is 6.10 Å². The summed E-state index contributed by atoms with van der Waals surface area (Å²) in [6.45, 7) is 2.85. The highest BCUT2D eigenvalue weighted by Gasteiger charge is 2.54. The second kappa shape index (κ2) is 33.2. The Kier molecular flexibility index (Phi) is 31.4. The normalized spacial score (nSPS) is 22.3. The Morgan fingerprint density at radius 3 is 1.35 bits per heavy atom. The predicted molar refractivity (Wildman–Crippen MR) is 223 cm³/mol. The molecule has 19 heteroatoms. The molecule has 0 saturated heterocycles. The highest BCUT2D eigenvalue weighted by molar-refractivity contribution is 7.47. The van der Waals surface area contributed by atoms with Gasteiger partial charge in [-0.05, 0) is 25.7 Å². The maximum absolute atomic E-state index is 12.9. The van der Waals surface area contributed by atoms with Crippen LogP contribution in [0.25, 0.3) is 0 Å². The number of hydrogen-bond acceptors (Lipinski definition) is 14. The van der Waals surface area contributed by atoms with Crippen LogP contribution in [0.5, 0.6) is 0 Å². The van der Waals surface area contributed by atoms with Crippen molar-refractivity contribution < 1.29 is 81.7 Å². The molecule has 0 heterocycles. The monoisotopic (exact) mass is 904 g/mol. The smallest absolute Gasteiger partial charge is 0.462 e. The first-order valence-corrected chi connectivity index (χ1v) is 25.5. The lowest BCUT2D eigenvalue weighted by Crippen LogP contribution is -2.64. The van der Waals surface area contributed by atoms with Gasteiger partial charge < -0.3 is 44.6 Å². The summed E-state index contributed by atoms with van der Waals surface area (Å²) >= 11 is 0. The van der Waals surface area contributed by atoms with Crippen molar-refractivity contribution in [1.82, 2.24) is 0 Å². The number of unbranched alkanes of at least 4 members (excludes halogenated alkanes) is 20. The fourth-order valence-corrected chi connectivity index (χ4v) is 8.63. The van der Waals surface area contributed by atoms with Gasteiger partial charge in [-0.2, -0.15) is 0 Å². The third-order valence-electron chi connectivity index (χ3n) is 10.6. The summed E-state index contributed by atoms with van der Waals surface area (Å²) in [6, 6.07) is 0. The van der Waals surface area contributed by atoms with Gasteiger partial charge in [-0.25, -0.2) is 9.13 Å². The third-order valence-corrected chi connectivity index (χ3v) is 12.1. The van der Waals surface area contributed by atoms with Crippen LogP contribution in [-0.4, -0.2) is 109 Å². The van der Waals surface area contributed by atoms with Crippen molar-refractivity contribution in [3.8, 4) is 0 Å². The Labute approximate surface area is 357 Å². The molecule has 4 unspecified atom stereocenters. The maximum atomic E-state index is 12.9. The molecule has 0 amide bonds. The summed E-state index contributed by atoms with van der Waals surface area (Å²) in [5, 5.41) is 41.1. The minimum atomic E-state index is -5.36. The largest absolute Gasteiger partial charge is 0.472 e. The van der Waals surface area contributed by atoms with E-state index in [1.807, 2.05) is 6.92 Å². The van der Waals surface area contributed by atoms with E-state index in [0.717, 1.165) is 83.5 Å². The summed E-state index contributed by atoms with van der Waals surface area (Å²) in [6.07, 6.45) is 10.6. The molecular weight excluding hydrogens is 826 g/mol. The van der Waals surface area contributed by atoms with Gasteiger partial charge in [0.1, 0.15) is 49.0 Å². The summed E-state index contributed by atoms with van der Waals surface area (Å²) in [7, 11) is -10.7. The van der Waals surface area contributed by atoms with E-state index in [4.69, 9.17) is 28.3 Å². The minimum absolute atomic E-state index is 0.0375. The Morgan fingerprint density at radius 2 is 0.900 bits per heavy atom. The topological polar surface area (TPSA) is 273 Å². The van der Waals surface area contributed by atoms with Gasteiger partial charge in [0, 0.05) is 25.7 Å². The van der Waals surface area contributed by atoms with Crippen molar-refractivity contribution in [2.75, 3.05) is 13.2 Å². The molecule has 0 aromatic carbocycles. The SMILES string of the molecule is CCCCCCCCCCCCCCCC(=O)O[C@H](COC(=O)CCCCCCCCCCCC(=O)CCC)COP(=O)(O)OC1C(O)[C@@H](OP(=O)(O)O)C(O)[C@@H](O)[C@H]1O. The van der Waals surface area contributed by atoms with E-state index in [9.17, 15) is 48.8 Å². The zero-order valence-electron chi connectivity index (χ0n) is 36.2. The fourth-order valence-electron chi connectivity index (χ4n) is 7.09. The fraction of sp³-hybridized carbons (Fsp3) is 0.927. The lowest BCUT2D eigenvalue weighted by atomic mass is 9.85. The van der Waals surface area contributed by atoms with Crippen molar-refractivity contribution >= 4 is 33.4 Å². The molecular formula is C41H78O17P2. The van der Waals surface area contributed by atoms with E-state index in [1.54, 1.807) is 0 Å². The molecule has 7 N–H and O–H groups in total. The van der Waals surface area contributed by atoms with Crippen molar-refractivity contribution in [2.45, 2.75) is 230 Å². The lowest BCUT2D eigenvalue weighted by Gasteiger charge is -2.43. The van der Waals surface area contributed by atoms with Gasteiger partial charge in [0.25, 0.3) is 0 Å². The first-order chi connectivity index (χ1) is 28.5. The van der Waals surface area contributed by atoms with Crippen LogP contribution in [0.3, 0.4) is 0 Å². The zero-order chi connectivity index (χ0) is 44.8. The van der Waals surface area contributed by atoms with E-state index in [2.05, 4.69) is 11.4 Å². The van der Waals surface area contributed by atoms with Crippen LogP contribution in [0.15, 0.2) is 0 Å². The number of ketones is 1. The highest BCUT2D eigenvalue weighted by atomic mass is 31.2. The van der Waals surface area contributed by atoms with Gasteiger partial charge in [-0.3, -0.25) is 28.0 Å². The Balaban J connectivity index is 2.62. The molecule has 354 valence electrons. The lowest BCUT2D eigenvalue weighted by molar-refractivity contribution is -0.216. The van der Waals surface area contributed by atoms with Crippen LogP contribution >= 0.6 is 15.6 Å². The summed E-state index contributed by atoms with van der Waals surface area (Å²) in [4.78, 5) is 65.7. The van der Waals surface area contributed by atoms with Crippen LogP contribution < -0.4 is 0 Å². The third kappa shape index (κ3) is 27.7. The summed E-state index contributed by atoms with van der Waals surface area (Å²) in [5.74, 6) is -0.902. The number of phosphoric acid groups is 2. The second-order valence-electron chi connectivity index (χ2n) is 16.1. The van der Waals surface area contributed by atoms with E-state index in [-0.39, 0.29) is 12.8 Å². The highest BCUT2D eigenvalue weighted by Crippen LogP contribution is 2.49. The first kappa shape index (κ1) is 56.7. The van der Waals surface area contributed by atoms with Crippen LogP contribution in [0.1, 0.15) is 187 Å². The zero-order valence-corrected chi connectivity index (χ0v) is 37.9. The molecule has 0 aromatic heterocycles. The molecule has 0 spiro atoms. The number of esters is 2. The molecule has 1 aliphatic rings. The Morgan fingerprint density at radius 1 is 0.483 bits per heavy atom. The van der Waals surface area contributed by atoms with Crippen molar-refractivity contribution in [2.24, 2.45) is 0 Å². The molecule has 0 radical (unpaired) electrons. The van der Waals surface area contributed by atoms with Gasteiger partial charge in [-0.1, -0.05) is 136 Å². The number of carbonyl (C=O) groups is 3. The molecule has 1 rings (SSSR count). The van der Waals surface area contributed by atoms with Gasteiger partial charge in [0.2, 0.25) is 0 Å². The van der Waals surface area contributed by atoms with Crippen molar-refractivity contribution in [3.05, 3.63) is 0 Å². The molecule has 0 aliphatic heterocycles. The van der Waals surface area contributed by atoms with Gasteiger partial charge >= 0.3 is 27.6 Å². The van der Waals surface area contributed by atoms with Crippen LogP contribution in [-0.2, 0) is 46.6 Å². The van der Waals surface area contributed by atoms with E-state index in [1.165, 1.54) is 51.4 Å². The Bertz CT molecular complexity index is 1250. The quantitative estimate of drug-likeness (QED) is 0.0186. The minimum Gasteiger partial charge on any atom is -0.462 e. The molecule has 1 aliphatic carbocycles. The number of aliphatic hydroxyl groups excluding tert-OH is 4. The molecule has 17 nitrogen and oxygen atoms in total. The number of hydrogen-bond donors (Lipinski definition) is 7. The number of carbonyl (C=O) groups excluding carboxylic acids is 3. The van der Waals surface area contributed by atoms with E-state index >= 15 is 0 Å². The first-order valence-electron chi connectivity index (χ1n) is 22.5. The molecule has 60 heavy (non-hydrogen) atoms. The average molecular weight is 905 g/mol. The summed E-state index contributed by atoms with van der Waals surface area (Å²) < 4.78 is 49.2.